The van der Waals surface area contributed by atoms with Gasteiger partial charge in [-0.3, -0.25) is 9.59 Å². The van der Waals surface area contributed by atoms with Gasteiger partial charge in [-0.05, 0) is 55.0 Å². The van der Waals surface area contributed by atoms with Crippen molar-refractivity contribution in [3.05, 3.63) is 68.1 Å². The van der Waals surface area contributed by atoms with E-state index in [1.807, 2.05) is 30.3 Å². The van der Waals surface area contributed by atoms with Gasteiger partial charge in [0, 0.05) is 30.4 Å². The smallest absolute Gasteiger partial charge is 0.261 e. The lowest BCUT2D eigenvalue weighted by atomic mass is 10.0. The first-order valence-corrected chi connectivity index (χ1v) is 10.0. The molecule has 0 saturated carbocycles. The number of rotatable bonds is 2. The molecular formula is C21H25Cl2N3O2. The van der Waals surface area contributed by atoms with Gasteiger partial charge in [-0.2, -0.15) is 0 Å². The van der Waals surface area contributed by atoms with E-state index in [1.54, 1.807) is 4.90 Å². The molecular weight excluding hydrogens is 397 g/mol. The number of aryl methyl sites for hydroxylation is 2. The molecule has 1 fully saturated rings. The zero-order valence-corrected chi connectivity index (χ0v) is 17.2. The van der Waals surface area contributed by atoms with Crippen LogP contribution in [0.1, 0.15) is 52.5 Å². The summed E-state index contributed by atoms with van der Waals surface area (Å²) in [6.07, 6.45) is 5.16. The van der Waals surface area contributed by atoms with Gasteiger partial charge in [0.25, 0.3) is 11.5 Å². The predicted molar refractivity (Wildman–Crippen MR) is 114 cm³/mol. The van der Waals surface area contributed by atoms with Gasteiger partial charge >= 0.3 is 0 Å². The Morgan fingerprint density at radius 1 is 1.14 bits per heavy atom. The van der Waals surface area contributed by atoms with E-state index in [0.29, 0.717) is 24.7 Å². The van der Waals surface area contributed by atoms with E-state index in [4.69, 9.17) is 11.6 Å². The first kappa shape index (κ1) is 20.9. The molecule has 1 aromatic carbocycles. The highest BCUT2D eigenvalue weighted by Gasteiger charge is 2.30. The summed E-state index contributed by atoms with van der Waals surface area (Å²) in [6.45, 7) is 1.92. The van der Waals surface area contributed by atoms with Crippen molar-refractivity contribution in [3.63, 3.8) is 0 Å². The minimum absolute atomic E-state index is 0. The lowest BCUT2D eigenvalue weighted by Gasteiger charge is -2.36. The Kier molecular flexibility index (Phi) is 6.81. The average Bonchev–Trinajstić information content (AvgIpc) is 2.91. The number of nitrogens with one attached hydrogen (secondary N) is 2. The molecule has 1 atom stereocenters. The number of piperazine rings is 1. The maximum Gasteiger partial charge on any atom is 0.261 e. The zero-order valence-electron chi connectivity index (χ0n) is 15.7. The molecule has 150 valence electrons. The maximum absolute atomic E-state index is 13.3. The second-order valence-corrected chi connectivity index (χ2v) is 7.79. The van der Waals surface area contributed by atoms with Crippen molar-refractivity contribution in [2.24, 2.45) is 0 Å². The van der Waals surface area contributed by atoms with Crippen molar-refractivity contribution in [2.45, 2.75) is 38.1 Å². The summed E-state index contributed by atoms with van der Waals surface area (Å²) >= 11 is 6.15. The minimum atomic E-state index is -0.274. The molecule has 1 aliphatic carbocycles. The Labute approximate surface area is 175 Å². The number of pyridine rings is 1. The lowest BCUT2D eigenvalue weighted by molar-refractivity contribution is 0.0632. The molecule has 7 heteroatoms. The first-order chi connectivity index (χ1) is 13.1. The van der Waals surface area contributed by atoms with Crippen LogP contribution in [-0.4, -0.2) is 35.4 Å². The van der Waals surface area contributed by atoms with E-state index in [0.717, 1.165) is 48.9 Å². The van der Waals surface area contributed by atoms with Gasteiger partial charge in [0.05, 0.1) is 6.04 Å². The number of hydrogen-bond donors (Lipinski definition) is 2. The van der Waals surface area contributed by atoms with E-state index < -0.39 is 0 Å². The molecule has 2 aromatic rings. The third kappa shape index (κ3) is 4.27. The van der Waals surface area contributed by atoms with Crippen molar-refractivity contribution >= 4 is 29.9 Å². The van der Waals surface area contributed by atoms with E-state index in [1.165, 1.54) is 0 Å². The van der Waals surface area contributed by atoms with Crippen LogP contribution in [0.25, 0.3) is 0 Å². The number of nitrogens with zero attached hydrogens (tertiary/aromatic N) is 1. The Morgan fingerprint density at radius 2 is 1.96 bits per heavy atom. The highest BCUT2D eigenvalue weighted by atomic mass is 35.5. The number of benzene rings is 1. The van der Waals surface area contributed by atoms with Crippen LogP contribution in [0.5, 0.6) is 0 Å². The number of halogens is 2. The van der Waals surface area contributed by atoms with Crippen LogP contribution in [0.15, 0.2) is 35.1 Å². The van der Waals surface area contributed by atoms with Crippen LogP contribution in [-0.2, 0) is 12.8 Å². The molecule has 2 aliphatic rings. The van der Waals surface area contributed by atoms with Crippen LogP contribution in [0, 0.1) is 0 Å². The largest absolute Gasteiger partial charge is 0.329 e. The Bertz CT molecular complexity index is 913. The third-order valence-corrected chi connectivity index (χ3v) is 5.79. The summed E-state index contributed by atoms with van der Waals surface area (Å²) in [5, 5.41) is 3.99. The van der Waals surface area contributed by atoms with Gasteiger partial charge in [0.2, 0.25) is 0 Å². The van der Waals surface area contributed by atoms with E-state index in [2.05, 4.69) is 10.3 Å². The number of H-pyrrole nitrogens is 1. The number of aromatic nitrogens is 1. The van der Waals surface area contributed by atoms with Gasteiger partial charge < -0.3 is 15.2 Å². The number of aromatic amines is 1. The van der Waals surface area contributed by atoms with Gasteiger partial charge in [0.15, 0.2) is 0 Å². The van der Waals surface area contributed by atoms with Crippen molar-refractivity contribution in [3.8, 4) is 0 Å². The fraction of sp³-hybridized carbons (Fsp3) is 0.429. The molecule has 28 heavy (non-hydrogen) atoms. The molecule has 1 amide bonds. The van der Waals surface area contributed by atoms with Gasteiger partial charge in [0.1, 0.15) is 5.56 Å². The number of amides is 1. The van der Waals surface area contributed by atoms with Gasteiger partial charge in [-0.15, -0.1) is 12.4 Å². The Morgan fingerprint density at radius 3 is 2.79 bits per heavy atom. The predicted octanol–water partition coefficient (Wildman–Crippen LogP) is 3.51. The molecule has 1 unspecified atom stereocenters. The normalized spacial score (nSPS) is 19.3. The van der Waals surface area contributed by atoms with Gasteiger partial charge in [-0.25, -0.2) is 0 Å². The van der Waals surface area contributed by atoms with Crippen molar-refractivity contribution in [2.75, 3.05) is 19.6 Å². The number of carbonyl (C=O) groups excluding carboxylic acids is 1. The highest BCUT2D eigenvalue weighted by molar-refractivity contribution is 6.30. The van der Waals surface area contributed by atoms with Crippen molar-refractivity contribution < 1.29 is 4.79 Å². The molecule has 2 N–H and O–H groups in total. The van der Waals surface area contributed by atoms with E-state index in [-0.39, 0.29) is 35.5 Å². The van der Waals surface area contributed by atoms with Crippen LogP contribution in [0.3, 0.4) is 0 Å². The first-order valence-electron chi connectivity index (χ1n) is 9.66. The molecule has 1 aromatic heterocycles. The monoisotopic (exact) mass is 421 g/mol. The van der Waals surface area contributed by atoms with Crippen LogP contribution in [0.2, 0.25) is 5.02 Å². The molecule has 0 bridgehead atoms. The van der Waals surface area contributed by atoms with E-state index in [9.17, 15) is 9.59 Å². The lowest BCUT2D eigenvalue weighted by Crippen LogP contribution is -2.49. The highest BCUT2D eigenvalue weighted by Crippen LogP contribution is 2.26. The summed E-state index contributed by atoms with van der Waals surface area (Å²) in [7, 11) is 0. The maximum atomic E-state index is 13.3. The molecule has 4 rings (SSSR count). The van der Waals surface area contributed by atoms with Crippen molar-refractivity contribution in [1.82, 2.24) is 15.2 Å². The zero-order chi connectivity index (χ0) is 18.8. The van der Waals surface area contributed by atoms with Crippen LogP contribution >= 0.6 is 24.0 Å². The molecule has 0 radical (unpaired) electrons. The fourth-order valence-corrected chi connectivity index (χ4v) is 4.32. The number of hydrogen-bond acceptors (Lipinski definition) is 3. The molecule has 1 aliphatic heterocycles. The fourth-order valence-electron chi connectivity index (χ4n) is 4.12. The second-order valence-electron chi connectivity index (χ2n) is 7.35. The third-order valence-electron chi connectivity index (χ3n) is 5.56. The summed E-state index contributed by atoms with van der Waals surface area (Å²) in [5.41, 5.74) is 3.08. The topological polar surface area (TPSA) is 65.2 Å². The average molecular weight is 422 g/mol. The summed E-state index contributed by atoms with van der Waals surface area (Å²) in [4.78, 5) is 30.7. The van der Waals surface area contributed by atoms with Gasteiger partial charge in [-0.1, -0.05) is 30.2 Å². The van der Waals surface area contributed by atoms with Crippen LogP contribution < -0.4 is 10.9 Å². The Balaban J connectivity index is 0.00000225. The number of carbonyl (C=O) groups is 1. The quantitative estimate of drug-likeness (QED) is 0.729. The summed E-state index contributed by atoms with van der Waals surface area (Å²) < 4.78 is 0. The molecule has 1 saturated heterocycles. The molecule has 2 heterocycles. The van der Waals surface area contributed by atoms with Crippen molar-refractivity contribution in [1.29, 1.82) is 0 Å². The van der Waals surface area contributed by atoms with E-state index >= 15 is 0 Å². The summed E-state index contributed by atoms with van der Waals surface area (Å²) in [6, 6.07) is 9.28. The minimum Gasteiger partial charge on any atom is -0.329 e. The SMILES string of the molecule is Cl.O=C(c1cc2c([nH]c1=O)CCCCC2)N1CCNCC1c1cccc(Cl)c1. The standard InChI is InChI=1S/C21H24ClN3O2.ClH/c22-16-7-4-6-15(11-16)19-13-23-9-10-25(19)21(27)17-12-14-5-2-1-3-8-18(14)24-20(17)26;/h4,6-7,11-12,19,23H,1-3,5,8-10,13H2,(H,24,26);1H. The Hall–Kier alpha value is -1.82. The molecule has 0 spiro atoms. The van der Waals surface area contributed by atoms with Crippen LogP contribution in [0.4, 0.5) is 0 Å². The number of fused-ring (bicyclic) bond motifs is 1. The second kappa shape index (κ2) is 9.12. The summed E-state index contributed by atoms with van der Waals surface area (Å²) in [5.74, 6) is -0.199. The molecule has 5 nitrogen and oxygen atoms in total.